The number of aromatic nitrogens is 3. The summed E-state index contributed by atoms with van der Waals surface area (Å²) in [6.07, 6.45) is 3.03. The number of hydrogen-bond donors (Lipinski definition) is 1. The Kier molecular flexibility index (Phi) is 6.68. The third kappa shape index (κ3) is 4.73. The Labute approximate surface area is 208 Å². The predicted octanol–water partition coefficient (Wildman–Crippen LogP) is 5.08. The molecule has 3 aromatic heterocycles. The van der Waals surface area contributed by atoms with Gasteiger partial charge in [-0.2, -0.15) is 4.98 Å². The summed E-state index contributed by atoms with van der Waals surface area (Å²) >= 11 is 1.69. The zero-order valence-corrected chi connectivity index (χ0v) is 20.9. The van der Waals surface area contributed by atoms with Gasteiger partial charge in [-0.15, -0.1) is 11.3 Å². The van der Waals surface area contributed by atoms with Gasteiger partial charge in [-0.25, -0.2) is 4.98 Å². The number of carbonyl (C=O) groups is 1. The third-order valence-corrected chi connectivity index (χ3v) is 7.55. The van der Waals surface area contributed by atoms with E-state index in [0.29, 0.717) is 17.3 Å². The van der Waals surface area contributed by atoms with E-state index in [9.17, 15) is 4.79 Å². The van der Waals surface area contributed by atoms with Crippen LogP contribution in [0.2, 0.25) is 0 Å². The first kappa shape index (κ1) is 23.3. The summed E-state index contributed by atoms with van der Waals surface area (Å²) in [5, 5.41) is 10.4. The first-order chi connectivity index (χ1) is 17.0. The molecule has 1 N–H and O–H groups in total. The van der Waals surface area contributed by atoms with Gasteiger partial charge in [0.15, 0.2) is 0 Å². The van der Waals surface area contributed by atoms with Crippen LogP contribution in [0, 0.1) is 11.8 Å². The number of benzene rings is 1. The minimum Gasteiger partial charge on any atom is -0.497 e. The fourth-order valence-corrected chi connectivity index (χ4v) is 5.57. The fraction of sp³-hybridized carbons (Fsp3) is 0.385. The molecule has 1 saturated heterocycles. The van der Waals surface area contributed by atoms with E-state index >= 15 is 0 Å². The van der Waals surface area contributed by atoms with E-state index in [-0.39, 0.29) is 17.9 Å². The predicted molar refractivity (Wildman–Crippen MR) is 137 cm³/mol. The number of hydrogen-bond acceptors (Lipinski definition) is 8. The van der Waals surface area contributed by atoms with E-state index < -0.39 is 0 Å². The van der Waals surface area contributed by atoms with Gasteiger partial charge in [0.05, 0.1) is 13.2 Å². The average molecular weight is 492 g/mol. The van der Waals surface area contributed by atoms with Crippen molar-refractivity contribution >= 4 is 34.2 Å². The highest BCUT2D eigenvalue weighted by atomic mass is 32.1. The van der Waals surface area contributed by atoms with Gasteiger partial charge in [0, 0.05) is 29.4 Å². The zero-order valence-electron chi connectivity index (χ0n) is 20.1. The molecule has 0 radical (unpaired) electrons. The van der Waals surface area contributed by atoms with Crippen molar-refractivity contribution in [3.8, 4) is 17.0 Å². The molecule has 1 aliphatic heterocycles. The molecular formula is C26H29N5O3S. The maximum Gasteiger partial charge on any atom is 0.263 e. The molecule has 1 atom stereocenters. The maximum absolute atomic E-state index is 13.1. The smallest absolute Gasteiger partial charge is 0.263 e. The SMILES string of the molecule is COc1ccc(-c2noc3ncnc(N4CCC(C(=O)N[C@H](c5cccs5)C(C)C)CC4)c23)cc1. The number of amides is 1. The number of anilines is 1. The number of carbonyl (C=O) groups excluding carboxylic acids is 1. The van der Waals surface area contributed by atoms with Crippen molar-refractivity contribution in [2.45, 2.75) is 32.7 Å². The van der Waals surface area contributed by atoms with E-state index in [1.165, 1.54) is 11.2 Å². The standard InChI is InChI=1S/C26H29N5O3S/c1-16(2)22(20-5-4-14-35-20)29-25(32)18-10-12-31(13-11-18)24-21-23(30-34-26(21)28-15-27-24)17-6-8-19(33-3)9-7-17/h4-9,14-16,18,22H,10-13H2,1-3H3,(H,29,32)/t22-/m0/s1. The molecule has 4 aromatic rings. The van der Waals surface area contributed by atoms with Crippen molar-refractivity contribution in [1.82, 2.24) is 20.4 Å². The molecule has 0 aliphatic carbocycles. The van der Waals surface area contributed by atoms with Crippen molar-refractivity contribution in [2.24, 2.45) is 11.8 Å². The van der Waals surface area contributed by atoms with Gasteiger partial charge >= 0.3 is 0 Å². The Bertz CT molecular complexity index is 1280. The van der Waals surface area contributed by atoms with Crippen LogP contribution in [0.25, 0.3) is 22.4 Å². The molecule has 8 nitrogen and oxygen atoms in total. The number of nitrogens with zero attached hydrogens (tertiary/aromatic N) is 4. The lowest BCUT2D eigenvalue weighted by molar-refractivity contribution is -0.126. The second-order valence-electron chi connectivity index (χ2n) is 9.14. The van der Waals surface area contributed by atoms with Gasteiger partial charge in [-0.05, 0) is 54.5 Å². The van der Waals surface area contributed by atoms with Crippen LogP contribution < -0.4 is 15.0 Å². The van der Waals surface area contributed by atoms with Crippen LogP contribution in [0.4, 0.5) is 5.82 Å². The summed E-state index contributed by atoms with van der Waals surface area (Å²) in [5.74, 6) is 2.01. The number of ether oxygens (including phenoxy) is 1. The highest BCUT2D eigenvalue weighted by molar-refractivity contribution is 7.10. The van der Waals surface area contributed by atoms with Crippen LogP contribution in [-0.4, -0.2) is 41.2 Å². The van der Waals surface area contributed by atoms with E-state index in [1.807, 2.05) is 30.3 Å². The first-order valence-corrected chi connectivity index (χ1v) is 12.8. The van der Waals surface area contributed by atoms with E-state index in [0.717, 1.165) is 48.4 Å². The third-order valence-electron chi connectivity index (χ3n) is 6.60. The Hall–Kier alpha value is -3.46. The van der Waals surface area contributed by atoms with Gasteiger partial charge in [-0.3, -0.25) is 4.79 Å². The monoisotopic (exact) mass is 491 g/mol. The Morgan fingerprint density at radius 2 is 1.94 bits per heavy atom. The normalized spacial score (nSPS) is 15.5. The molecule has 0 bridgehead atoms. The van der Waals surface area contributed by atoms with Gasteiger partial charge in [0.25, 0.3) is 5.71 Å². The van der Waals surface area contributed by atoms with Crippen molar-refractivity contribution < 1.29 is 14.1 Å². The lowest BCUT2D eigenvalue weighted by Crippen LogP contribution is -2.42. The minimum atomic E-state index is -0.0201. The van der Waals surface area contributed by atoms with Crippen LogP contribution in [-0.2, 0) is 4.79 Å². The van der Waals surface area contributed by atoms with Crippen LogP contribution in [0.5, 0.6) is 5.75 Å². The summed E-state index contributed by atoms with van der Waals surface area (Å²) in [4.78, 5) is 25.4. The highest BCUT2D eigenvalue weighted by Crippen LogP contribution is 2.35. The number of piperidine rings is 1. The number of thiophene rings is 1. The number of methoxy groups -OCH3 is 1. The second-order valence-corrected chi connectivity index (χ2v) is 10.1. The number of fused-ring (bicyclic) bond motifs is 1. The Balaban J connectivity index is 1.32. The maximum atomic E-state index is 13.1. The van der Waals surface area contributed by atoms with Gasteiger partial charge in [0.2, 0.25) is 5.91 Å². The van der Waals surface area contributed by atoms with Crippen molar-refractivity contribution in [3.05, 3.63) is 53.0 Å². The van der Waals surface area contributed by atoms with E-state index in [1.54, 1.807) is 18.4 Å². The lowest BCUT2D eigenvalue weighted by atomic mass is 9.94. The van der Waals surface area contributed by atoms with Gasteiger partial charge in [-0.1, -0.05) is 25.1 Å². The lowest BCUT2D eigenvalue weighted by Gasteiger charge is -2.33. The van der Waals surface area contributed by atoms with Crippen LogP contribution in [0.15, 0.2) is 52.6 Å². The Morgan fingerprint density at radius 3 is 2.60 bits per heavy atom. The highest BCUT2D eigenvalue weighted by Gasteiger charge is 2.30. The zero-order chi connectivity index (χ0) is 24.4. The fourth-order valence-electron chi connectivity index (χ4n) is 4.62. The van der Waals surface area contributed by atoms with Gasteiger partial charge < -0.3 is 19.5 Å². The summed E-state index contributed by atoms with van der Waals surface area (Å²) in [7, 11) is 1.64. The largest absolute Gasteiger partial charge is 0.497 e. The number of nitrogens with one attached hydrogen (secondary N) is 1. The van der Waals surface area contributed by atoms with Crippen molar-refractivity contribution in [2.75, 3.05) is 25.1 Å². The summed E-state index contributed by atoms with van der Waals surface area (Å²) in [5.41, 5.74) is 2.06. The quantitative estimate of drug-likeness (QED) is 0.385. The van der Waals surface area contributed by atoms with E-state index in [2.05, 4.69) is 50.6 Å². The van der Waals surface area contributed by atoms with Crippen LogP contribution >= 0.6 is 11.3 Å². The topological polar surface area (TPSA) is 93.4 Å². The van der Waals surface area contributed by atoms with E-state index in [4.69, 9.17) is 9.26 Å². The van der Waals surface area contributed by atoms with Crippen LogP contribution in [0.1, 0.15) is 37.6 Å². The first-order valence-electron chi connectivity index (χ1n) is 11.9. The average Bonchev–Trinajstić information content (AvgIpc) is 3.57. The second kappa shape index (κ2) is 10.0. The van der Waals surface area contributed by atoms with Crippen molar-refractivity contribution in [3.63, 3.8) is 0 Å². The molecule has 9 heteroatoms. The van der Waals surface area contributed by atoms with Crippen molar-refractivity contribution in [1.29, 1.82) is 0 Å². The van der Waals surface area contributed by atoms with Gasteiger partial charge in [0.1, 0.15) is 29.0 Å². The molecule has 35 heavy (non-hydrogen) atoms. The molecule has 1 amide bonds. The molecule has 4 heterocycles. The summed E-state index contributed by atoms with van der Waals surface area (Å²) < 4.78 is 10.8. The van der Waals surface area contributed by atoms with Crippen LogP contribution in [0.3, 0.4) is 0 Å². The molecule has 0 spiro atoms. The number of rotatable bonds is 7. The minimum absolute atomic E-state index is 0.0201. The summed E-state index contributed by atoms with van der Waals surface area (Å²) in [6, 6.07) is 11.9. The molecule has 0 unspecified atom stereocenters. The molecule has 0 saturated carbocycles. The molecule has 1 fully saturated rings. The molecule has 1 aliphatic rings. The molecular weight excluding hydrogens is 462 g/mol. The molecule has 1 aromatic carbocycles. The molecule has 182 valence electrons. The summed E-state index contributed by atoms with van der Waals surface area (Å²) in [6.45, 7) is 5.74. The molecule has 5 rings (SSSR count). The Morgan fingerprint density at radius 1 is 1.17 bits per heavy atom.